The zero-order valence-corrected chi connectivity index (χ0v) is 10.8. The second-order valence-electron chi connectivity index (χ2n) is 2.81. The second kappa shape index (κ2) is 6.41. The molecule has 17 heavy (non-hydrogen) atoms. The molecule has 8 heteroatoms. The fourth-order valence-corrected chi connectivity index (χ4v) is 1.43. The zero-order valence-electron chi connectivity index (χ0n) is 9.19. The molecule has 0 unspecified atom stereocenters. The van der Waals surface area contributed by atoms with E-state index in [1.165, 1.54) is 25.1 Å². The van der Waals surface area contributed by atoms with Crippen molar-refractivity contribution in [3.8, 4) is 0 Å². The Bertz CT molecular complexity index is 441. The predicted molar refractivity (Wildman–Crippen MR) is 63.2 cm³/mol. The Labute approximate surface area is 107 Å². The third-order valence-corrected chi connectivity index (χ3v) is 2.58. The number of nitrogens with zero attached hydrogens (tertiary/aromatic N) is 2. The molecule has 0 bridgehead atoms. The lowest BCUT2D eigenvalue weighted by Crippen LogP contribution is -2.31. The molecule has 1 N–H and O–H groups in total. The molecule has 0 aliphatic carbocycles. The summed E-state index contributed by atoms with van der Waals surface area (Å²) < 4.78 is 4.39. The minimum absolute atomic E-state index is 0.0370. The third-order valence-electron chi connectivity index (χ3n) is 1.74. The molecule has 1 aromatic heterocycles. The van der Waals surface area contributed by atoms with E-state index in [4.69, 9.17) is 11.6 Å². The van der Waals surface area contributed by atoms with Crippen LogP contribution in [-0.4, -0.2) is 41.8 Å². The van der Waals surface area contributed by atoms with E-state index in [0.717, 1.165) is 0 Å². The molecule has 0 atom stereocenters. The van der Waals surface area contributed by atoms with Crippen LogP contribution in [0.2, 0.25) is 5.02 Å². The average molecular weight is 276 g/mol. The summed E-state index contributed by atoms with van der Waals surface area (Å²) in [5.74, 6) is -1.09. The molecule has 0 radical (unpaired) electrons. The van der Waals surface area contributed by atoms with Gasteiger partial charge < -0.3 is 10.1 Å². The van der Waals surface area contributed by atoms with Gasteiger partial charge in [-0.3, -0.25) is 9.59 Å². The van der Waals surface area contributed by atoms with Crippen LogP contribution in [0, 0.1) is 0 Å². The van der Waals surface area contributed by atoms with Crippen molar-refractivity contribution in [2.45, 2.75) is 5.16 Å². The van der Waals surface area contributed by atoms with Crippen LogP contribution in [0.15, 0.2) is 11.4 Å². The summed E-state index contributed by atoms with van der Waals surface area (Å²) in [5, 5.41) is 2.90. The molecular formula is C9H10ClN3O3S. The van der Waals surface area contributed by atoms with Crippen molar-refractivity contribution in [3.63, 3.8) is 0 Å². The van der Waals surface area contributed by atoms with E-state index >= 15 is 0 Å². The Balaban J connectivity index is 2.77. The quantitative estimate of drug-likeness (QED) is 0.496. The maximum atomic E-state index is 11.7. The van der Waals surface area contributed by atoms with E-state index < -0.39 is 11.9 Å². The number of esters is 1. The van der Waals surface area contributed by atoms with Crippen molar-refractivity contribution in [1.29, 1.82) is 0 Å². The summed E-state index contributed by atoms with van der Waals surface area (Å²) in [4.78, 5) is 30.3. The molecule has 0 spiro atoms. The Morgan fingerprint density at radius 1 is 1.59 bits per heavy atom. The topological polar surface area (TPSA) is 81.2 Å². The highest BCUT2D eigenvalue weighted by Crippen LogP contribution is 2.16. The molecule has 0 aliphatic rings. The molecular weight excluding hydrogens is 266 g/mol. The molecule has 92 valence electrons. The first kappa shape index (κ1) is 13.7. The molecule has 6 nitrogen and oxygen atoms in total. The van der Waals surface area contributed by atoms with Gasteiger partial charge >= 0.3 is 5.97 Å². The van der Waals surface area contributed by atoms with Gasteiger partial charge in [-0.2, -0.15) is 0 Å². The van der Waals surface area contributed by atoms with Crippen molar-refractivity contribution in [1.82, 2.24) is 15.3 Å². The number of nitrogens with one attached hydrogen (secondary N) is 1. The van der Waals surface area contributed by atoms with Crippen molar-refractivity contribution >= 4 is 35.2 Å². The number of thioether (sulfide) groups is 1. The minimum Gasteiger partial charge on any atom is -0.468 e. The monoisotopic (exact) mass is 275 g/mol. The average Bonchev–Trinajstić information content (AvgIpc) is 2.36. The molecule has 0 aliphatic heterocycles. The minimum atomic E-state index is -0.548. The number of methoxy groups -OCH3 is 1. The number of carbonyl (C=O) groups is 2. The first-order chi connectivity index (χ1) is 8.08. The molecule has 1 heterocycles. The van der Waals surface area contributed by atoms with Crippen molar-refractivity contribution in [2.24, 2.45) is 0 Å². The van der Waals surface area contributed by atoms with Gasteiger partial charge in [0.2, 0.25) is 0 Å². The number of amides is 1. The second-order valence-corrected chi connectivity index (χ2v) is 3.99. The number of aromatic nitrogens is 2. The lowest BCUT2D eigenvalue weighted by molar-refractivity contribution is -0.139. The van der Waals surface area contributed by atoms with Crippen LogP contribution >= 0.6 is 23.4 Å². The van der Waals surface area contributed by atoms with Crippen molar-refractivity contribution in [3.05, 3.63) is 16.9 Å². The van der Waals surface area contributed by atoms with Gasteiger partial charge in [0.05, 0.1) is 18.3 Å². The Hall–Kier alpha value is -1.34. The maximum Gasteiger partial charge on any atom is 0.325 e. The summed E-state index contributed by atoms with van der Waals surface area (Å²) in [6.45, 7) is -0.232. The molecule has 0 saturated heterocycles. The number of carbonyl (C=O) groups excluding carboxylic acids is 2. The number of halogens is 1. The highest BCUT2D eigenvalue weighted by atomic mass is 35.5. The van der Waals surface area contributed by atoms with Gasteiger partial charge in [0.15, 0.2) is 10.9 Å². The lowest BCUT2D eigenvalue weighted by Gasteiger charge is -2.05. The predicted octanol–water partition coefficient (Wildman–Crippen LogP) is 0.755. The molecule has 0 fully saturated rings. The summed E-state index contributed by atoms with van der Waals surface area (Å²) in [7, 11) is 1.23. The Morgan fingerprint density at radius 3 is 2.88 bits per heavy atom. The number of ether oxygens (including phenoxy) is 1. The molecule has 1 rings (SSSR count). The van der Waals surface area contributed by atoms with Crippen LogP contribution in [0.3, 0.4) is 0 Å². The van der Waals surface area contributed by atoms with E-state index in [0.29, 0.717) is 5.16 Å². The van der Waals surface area contributed by atoms with Crippen molar-refractivity contribution in [2.75, 3.05) is 19.9 Å². The molecule has 0 saturated carbocycles. The Kier molecular flexibility index (Phi) is 5.17. The highest BCUT2D eigenvalue weighted by Gasteiger charge is 2.14. The van der Waals surface area contributed by atoms with E-state index in [1.807, 2.05) is 0 Å². The standard InChI is InChI=1S/C9H10ClN3O3S/c1-16-6(14)4-11-8(15)7-5(10)3-12-9(13-7)17-2/h3H,4H2,1-2H3,(H,11,15). The van der Waals surface area contributed by atoms with Gasteiger partial charge in [-0.1, -0.05) is 23.4 Å². The van der Waals surface area contributed by atoms with Gasteiger partial charge in [0.1, 0.15) is 6.54 Å². The number of hydrogen-bond donors (Lipinski definition) is 1. The van der Waals surface area contributed by atoms with Crippen molar-refractivity contribution < 1.29 is 14.3 Å². The lowest BCUT2D eigenvalue weighted by atomic mass is 10.4. The molecule has 1 amide bonds. The van der Waals surface area contributed by atoms with Crippen LogP contribution in [0.25, 0.3) is 0 Å². The summed E-state index contributed by atoms with van der Waals surface area (Å²) in [6, 6.07) is 0. The fraction of sp³-hybridized carbons (Fsp3) is 0.333. The molecule has 0 aromatic carbocycles. The summed E-state index contributed by atoms with van der Waals surface area (Å²) >= 11 is 7.07. The number of hydrogen-bond acceptors (Lipinski definition) is 6. The van der Waals surface area contributed by atoms with Crippen LogP contribution in [0.1, 0.15) is 10.5 Å². The third kappa shape index (κ3) is 3.86. The normalized spacial score (nSPS) is 9.82. The van der Waals surface area contributed by atoms with Gasteiger partial charge in [-0.15, -0.1) is 0 Å². The van der Waals surface area contributed by atoms with Gasteiger partial charge in [-0.25, -0.2) is 9.97 Å². The first-order valence-corrected chi connectivity index (χ1v) is 6.10. The summed E-state index contributed by atoms with van der Waals surface area (Å²) in [6.07, 6.45) is 3.12. The van der Waals surface area contributed by atoms with E-state index in [2.05, 4.69) is 20.0 Å². The van der Waals surface area contributed by atoms with E-state index in [1.54, 1.807) is 6.26 Å². The fourth-order valence-electron chi connectivity index (χ4n) is 0.917. The van der Waals surface area contributed by atoms with Crippen LogP contribution in [-0.2, 0) is 9.53 Å². The van der Waals surface area contributed by atoms with Gasteiger partial charge in [-0.05, 0) is 6.26 Å². The molecule has 1 aromatic rings. The van der Waals surface area contributed by atoms with Crippen LogP contribution in [0.4, 0.5) is 0 Å². The van der Waals surface area contributed by atoms with E-state index in [-0.39, 0.29) is 17.3 Å². The van der Waals surface area contributed by atoms with Gasteiger partial charge in [0.25, 0.3) is 5.91 Å². The maximum absolute atomic E-state index is 11.7. The van der Waals surface area contributed by atoms with Gasteiger partial charge in [0, 0.05) is 0 Å². The number of rotatable bonds is 4. The van der Waals surface area contributed by atoms with E-state index in [9.17, 15) is 9.59 Å². The van der Waals surface area contributed by atoms with Crippen LogP contribution < -0.4 is 5.32 Å². The summed E-state index contributed by atoms with van der Waals surface area (Å²) in [5.41, 5.74) is 0.0370. The smallest absolute Gasteiger partial charge is 0.325 e. The zero-order chi connectivity index (χ0) is 12.8. The highest BCUT2D eigenvalue weighted by molar-refractivity contribution is 7.98. The largest absolute Gasteiger partial charge is 0.468 e. The SMILES string of the molecule is COC(=O)CNC(=O)c1nc(SC)ncc1Cl. The van der Waals surface area contributed by atoms with Crippen LogP contribution in [0.5, 0.6) is 0 Å². The Morgan fingerprint density at radius 2 is 2.29 bits per heavy atom. The first-order valence-electron chi connectivity index (χ1n) is 4.50.